The Morgan fingerprint density at radius 3 is 2.62 bits per heavy atom. The summed E-state index contributed by atoms with van der Waals surface area (Å²) >= 11 is 0. The number of hydrogen-bond donors (Lipinski definition) is 0. The molecule has 0 saturated carbocycles. The van der Waals surface area contributed by atoms with E-state index in [9.17, 15) is 0 Å². The summed E-state index contributed by atoms with van der Waals surface area (Å²) in [6.07, 6.45) is 15.7. The summed E-state index contributed by atoms with van der Waals surface area (Å²) in [4.78, 5) is 5.17. The molecule has 0 spiro atoms. The van der Waals surface area contributed by atoms with Gasteiger partial charge in [-0.25, -0.2) is 0 Å². The van der Waals surface area contributed by atoms with Gasteiger partial charge in [-0.15, -0.1) is 0 Å². The van der Waals surface area contributed by atoms with Crippen LogP contribution in [0.15, 0.2) is 108 Å². The van der Waals surface area contributed by atoms with Gasteiger partial charge in [0.15, 0.2) is 0 Å². The van der Waals surface area contributed by atoms with Crippen LogP contribution in [0, 0.1) is 0 Å². The molecule has 0 N–H and O–H groups in total. The molecule has 3 unspecified atom stereocenters. The summed E-state index contributed by atoms with van der Waals surface area (Å²) in [7, 11) is 0. The highest BCUT2D eigenvalue weighted by Crippen LogP contribution is 2.58. The summed E-state index contributed by atoms with van der Waals surface area (Å²) in [6, 6.07) is 22.9. The van der Waals surface area contributed by atoms with Crippen LogP contribution in [-0.2, 0) is 0 Å². The number of fused-ring (bicyclic) bond motifs is 10. The van der Waals surface area contributed by atoms with E-state index in [1.807, 2.05) is 0 Å². The molecule has 8 rings (SSSR count). The molecule has 3 nitrogen and oxygen atoms in total. The van der Waals surface area contributed by atoms with Gasteiger partial charge in [0.1, 0.15) is 11.2 Å². The van der Waals surface area contributed by atoms with Gasteiger partial charge in [-0.1, -0.05) is 78.9 Å². The number of nitrogens with zero attached hydrogens (tertiary/aromatic N) is 2. The number of furan rings is 1. The maximum atomic E-state index is 6.53. The lowest BCUT2D eigenvalue weighted by Crippen LogP contribution is -2.37. The molecule has 3 aromatic carbocycles. The van der Waals surface area contributed by atoms with Crippen LogP contribution in [0.2, 0.25) is 0 Å². The molecule has 34 heavy (non-hydrogen) atoms. The molecule has 0 fully saturated rings. The predicted octanol–water partition coefficient (Wildman–Crippen LogP) is 7.42. The maximum Gasteiger partial charge on any atom is 0.141 e. The second-order valence-corrected chi connectivity index (χ2v) is 9.72. The lowest BCUT2D eigenvalue weighted by Gasteiger charge is -2.41. The number of para-hydroxylation sites is 1. The molecule has 0 saturated heterocycles. The molecule has 164 valence electrons. The Labute approximate surface area is 198 Å². The van der Waals surface area contributed by atoms with Crippen molar-refractivity contribution in [3.8, 4) is 0 Å². The van der Waals surface area contributed by atoms with Crippen molar-refractivity contribution in [2.75, 3.05) is 0 Å². The van der Waals surface area contributed by atoms with E-state index >= 15 is 0 Å². The minimum absolute atomic E-state index is 0.171. The van der Waals surface area contributed by atoms with Crippen LogP contribution in [0.25, 0.3) is 27.6 Å². The van der Waals surface area contributed by atoms with Crippen LogP contribution >= 0.6 is 0 Å². The van der Waals surface area contributed by atoms with Gasteiger partial charge in [-0.2, -0.15) is 0 Å². The van der Waals surface area contributed by atoms with Gasteiger partial charge in [-0.3, -0.25) is 0 Å². The van der Waals surface area contributed by atoms with Crippen molar-refractivity contribution < 1.29 is 4.42 Å². The number of hydrogen-bond acceptors (Lipinski definition) is 3. The van der Waals surface area contributed by atoms with E-state index < -0.39 is 0 Å². The maximum absolute atomic E-state index is 6.53. The Kier molecular flexibility index (Phi) is 3.55. The van der Waals surface area contributed by atoms with Gasteiger partial charge in [0.25, 0.3) is 0 Å². The molecule has 3 heteroatoms. The summed E-state index contributed by atoms with van der Waals surface area (Å²) in [5.74, 6) is 0. The smallest absolute Gasteiger partial charge is 0.141 e. The summed E-state index contributed by atoms with van der Waals surface area (Å²) < 4.78 is 6.53. The van der Waals surface area contributed by atoms with Crippen LogP contribution in [0.4, 0.5) is 0 Å². The van der Waals surface area contributed by atoms with Crippen LogP contribution in [-0.4, -0.2) is 15.8 Å². The second kappa shape index (κ2) is 6.54. The van der Waals surface area contributed by atoms with Crippen molar-refractivity contribution >= 4 is 27.6 Å². The van der Waals surface area contributed by atoms with E-state index in [4.69, 9.17) is 4.42 Å². The average molecular weight is 441 g/mol. The van der Waals surface area contributed by atoms with Crippen LogP contribution in [0.1, 0.15) is 47.3 Å². The summed E-state index contributed by atoms with van der Waals surface area (Å²) in [6.45, 7) is 2.31. The normalized spacial score (nSPS) is 26.1. The number of benzene rings is 3. The quantitative estimate of drug-likeness (QED) is 0.307. The highest BCUT2D eigenvalue weighted by atomic mass is 16.3. The molecule has 0 radical (unpaired) electrons. The van der Waals surface area contributed by atoms with E-state index in [1.54, 1.807) is 0 Å². The molecule has 0 bridgehead atoms. The van der Waals surface area contributed by atoms with Gasteiger partial charge < -0.3 is 14.2 Å². The largest absolute Gasteiger partial charge is 0.456 e. The van der Waals surface area contributed by atoms with Gasteiger partial charge in [0, 0.05) is 39.8 Å². The Morgan fingerprint density at radius 2 is 1.65 bits per heavy atom. The van der Waals surface area contributed by atoms with Crippen LogP contribution < -0.4 is 0 Å². The standard InChI is InChI=1S/C31H24N2O/c1-19-9-8-14-25-20-10-2-3-12-22(20)30(33(19)25)29-24-17-16-23-21-11-4-5-15-27(21)34-31(23)28(24)26-13-6-7-18-32(26)29/h2-19,26,29-30H,1H3/t19?,26?,29?,30-/m0/s1. The lowest BCUT2D eigenvalue weighted by atomic mass is 9.91. The third-order valence-corrected chi connectivity index (χ3v) is 8.05. The first-order valence-electron chi connectivity index (χ1n) is 12.1. The fraction of sp³-hybridized carbons (Fsp3) is 0.161. The molecule has 4 atom stereocenters. The van der Waals surface area contributed by atoms with Crippen LogP contribution in [0.3, 0.4) is 0 Å². The Morgan fingerprint density at radius 1 is 0.765 bits per heavy atom. The van der Waals surface area contributed by atoms with E-state index in [2.05, 4.69) is 120 Å². The van der Waals surface area contributed by atoms with E-state index in [1.165, 1.54) is 38.7 Å². The average Bonchev–Trinajstić information content (AvgIpc) is 3.52. The highest BCUT2D eigenvalue weighted by molar-refractivity contribution is 6.06. The Balaban J connectivity index is 1.41. The lowest BCUT2D eigenvalue weighted by molar-refractivity contribution is 0.145. The molecule has 5 heterocycles. The molecule has 4 aliphatic rings. The van der Waals surface area contributed by atoms with Gasteiger partial charge in [-0.05, 0) is 36.3 Å². The van der Waals surface area contributed by atoms with Crippen molar-refractivity contribution in [3.63, 3.8) is 0 Å². The van der Waals surface area contributed by atoms with Gasteiger partial charge in [0.05, 0.1) is 18.1 Å². The zero-order valence-electron chi connectivity index (χ0n) is 18.9. The minimum atomic E-state index is 0.171. The second-order valence-electron chi connectivity index (χ2n) is 9.72. The van der Waals surface area contributed by atoms with Crippen molar-refractivity contribution in [3.05, 3.63) is 126 Å². The van der Waals surface area contributed by atoms with E-state index in [0.717, 1.165) is 11.2 Å². The summed E-state index contributed by atoms with van der Waals surface area (Å²) in [5.41, 5.74) is 8.78. The third kappa shape index (κ3) is 2.22. The Bertz CT molecular complexity index is 1620. The monoisotopic (exact) mass is 440 g/mol. The first-order chi connectivity index (χ1) is 16.8. The van der Waals surface area contributed by atoms with Gasteiger partial charge in [0.2, 0.25) is 0 Å². The molecule has 0 aliphatic carbocycles. The molecule has 1 aromatic heterocycles. The predicted molar refractivity (Wildman–Crippen MR) is 137 cm³/mol. The Hall–Kier alpha value is -3.98. The first kappa shape index (κ1) is 18.4. The number of rotatable bonds is 1. The minimum Gasteiger partial charge on any atom is -0.456 e. The first-order valence-corrected chi connectivity index (χ1v) is 12.1. The summed E-state index contributed by atoms with van der Waals surface area (Å²) in [5, 5.41) is 2.40. The van der Waals surface area contributed by atoms with Crippen molar-refractivity contribution in [1.82, 2.24) is 9.80 Å². The van der Waals surface area contributed by atoms with Crippen molar-refractivity contribution in [2.45, 2.75) is 31.1 Å². The molecular formula is C31H24N2O. The molecule has 4 aromatic rings. The highest BCUT2D eigenvalue weighted by Gasteiger charge is 2.49. The van der Waals surface area contributed by atoms with Gasteiger partial charge >= 0.3 is 0 Å². The zero-order chi connectivity index (χ0) is 22.4. The molecule has 0 amide bonds. The van der Waals surface area contributed by atoms with Crippen molar-refractivity contribution in [2.24, 2.45) is 0 Å². The number of allylic oxidation sites excluding steroid dienone is 4. The fourth-order valence-corrected chi connectivity index (χ4v) is 6.70. The fourth-order valence-electron chi connectivity index (χ4n) is 6.70. The van der Waals surface area contributed by atoms with Crippen LogP contribution in [0.5, 0.6) is 0 Å². The zero-order valence-corrected chi connectivity index (χ0v) is 18.9. The third-order valence-electron chi connectivity index (χ3n) is 8.05. The van der Waals surface area contributed by atoms with E-state index in [0.29, 0.717) is 6.04 Å². The van der Waals surface area contributed by atoms with Crippen molar-refractivity contribution in [1.29, 1.82) is 0 Å². The SMILES string of the molecule is CC1C=CC=C2c3ccccc3[C@@H](C3c4ccc5c(oc6ccccc65)c4C4C=CC=CN43)N21. The topological polar surface area (TPSA) is 19.6 Å². The molecule has 4 aliphatic heterocycles. The van der Waals surface area contributed by atoms with E-state index in [-0.39, 0.29) is 18.1 Å². The molecular weight excluding hydrogens is 416 g/mol.